The lowest BCUT2D eigenvalue weighted by atomic mass is 10.1. The van der Waals surface area contributed by atoms with Crippen molar-refractivity contribution >= 4 is 24.8 Å². The first-order valence-electron chi connectivity index (χ1n) is 10.6. The summed E-state index contributed by atoms with van der Waals surface area (Å²) in [4.78, 5) is 7.66. The number of nitrogens with zero attached hydrogens (tertiary/aromatic N) is 3. The Kier molecular flexibility index (Phi) is 11.0. The number of hydrogen-bond donors (Lipinski definition) is 1. The Labute approximate surface area is 187 Å². The molecule has 0 bridgehead atoms. The fourth-order valence-electron chi connectivity index (χ4n) is 4.36. The van der Waals surface area contributed by atoms with Crippen molar-refractivity contribution in [2.75, 3.05) is 78.7 Å². The van der Waals surface area contributed by atoms with E-state index in [0.717, 1.165) is 70.9 Å². The summed E-state index contributed by atoms with van der Waals surface area (Å²) in [6, 6.07) is 9.30. The fraction of sp³-hybridized carbons (Fsp3) is 0.714. The highest BCUT2D eigenvalue weighted by Gasteiger charge is 2.26. The molecular formula is C21H36Cl2N4O2. The van der Waals surface area contributed by atoms with Gasteiger partial charge in [0.25, 0.3) is 0 Å². The molecule has 0 radical (unpaired) electrons. The number of piperazine rings is 1. The van der Waals surface area contributed by atoms with E-state index >= 15 is 0 Å². The van der Waals surface area contributed by atoms with Crippen LogP contribution in [-0.4, -0.2) is 99.5 Å². The smallest absolute Gasteiger partial charge is 0.123 e. The molecule has 4 rings (SSSR count). The van der Waals surface area contributed by atoms with Crippen LogP contribution in [0.5, 0.6) is 5.75 Å². The first-order chi connectivity index (χ1) is 13.4. The zero-order valence-electron chi connectivity index (χ0n) is 17.3. The summed E-state index contributed by atoms with van der Waals surface area (Å²) in [7, 11) is 0. The van der Waals surface area contributed by atoms with Crippen molar-refractivity contribution in [3.63, 3.8) is 0 Å². The molecule has 8 heteroatoms. The molecule has 3 heterocycles. The van der Waals surface area contributed by atoms with E-state index < -0.39 is 0 Å². The third-order valence-corrected chi connectivity index (χ3v) is 6.09. The van der Waals surface area contributed by atoms with Crippen LogP contribution in [0.2, 0.25) is 0 Å². The number of benzene rings is 1. The number of morpholine rings is 1. The maximum atomic E-state index is 6.16. The molecule has 1 N–H and O–H groups in total. The Bertz CT molecular complexity index is 576. The van der Waals surface area contributed by atoms with Crippen molar-refractivity contribution in [3.8, 4) is 5.75 Å². The van der Waals surface area contributed by atoms with Gasteiger partial charge in [0, 0.05) is 70.5 Å². The molecule has 166 valence electrons. The van der Waals surface area contributed by atoms with Crippen LogP contribution in [-0.2, 0) is 11.3 Å². The van der Waals surface area contributed by atoms with Crippen molar-refractivity contribution < 1.29 is 9.47 Å². The van der Waals surface area contributed by atoms with Gasteiger partial charge in [0.05, 0.1) is 13.2 Å². The molecule has 3 aliphatic rings. The highest BCUT2D eigenvalue weighted by molar-refractivity contribution is 5.85. The predicted molar refractivity (Wildman–Crippen MR) is 122 cm³/mol. The van der Waals surface area contributed by atoms with Gasteiger partial charge in [-0.15, -0.1) is 24.8 Å². The Hall–Kier alpha value is -0.600. The first kappa shape index (κ1) is 24.7. The lowest BCUT2D eigenvalue weighted by molar-refractivity contribution is 0.0321. The lowest BCUT2D eigenvalue weighted by Gasteiger charge is -2.38. The van der Waals surface area contributed by atoms with E-state index in [2.05, 4.69) is 44.3 Å². The molecular weight excluding hydrogens is 411 g/mol. The number of ether oxygens (including phenoxy) is 2. The van der Waals surface area contributed by atoms with Gasteiger partial charge in [-0.2, -0.15) is 0 Å². The quantitative estimate of drug-likeness (QED) is 0.687. The van der Waals surface area contributed by atoms with E-state index in [1.807, 2.05) is 0 Å². The van der Waals surface area contributed by atoms with Crippen molar-refractivity contribution in [3.05, 3.63) is 29.8 Å². The number of rotatable bonds is 7. The first-order valence-corrected chi connectivity index (χ1v) is 10.6. The van der Waals surface area contributed by atoms with Crippen LogP contribution < -0.4 is 10.1 Å². The van der Waals surface area contributed by atoms with Crippen LogP contribution >= 0.6 is 24.8 Å². The van der Waals surface area contributed by atoms with Gasteiger partial charge in [-0.3, -0.25) is 14.7 Å². The predicted octanol–water partition coefficient (Wildman–Crippen LogP) is 1.72. The average molecular weight is 447 g/mol. The summed E-state index contributed by atoms with van der Waals surface area (Å²) in [5.74, 6) is 1.05. The molecule has 6 nitrogen and oxygen atoms in total. The van der Waals surface area contributed by atoms with E-state index in [0.29, 0.717) is 0 Å². The summed E-state index contributed by atoms with van der Waals surface area (Å²) in [6.07, 6.45) is 1.31. The topological polar surface area (TPSA) is 40.2 Å². The maximum absolute atomic E-state index is 6.16. The van der Waals surface area contributed by atoms with Gasteiger partial charge in [0.15, 0.2) is 0 Å². The number of para-hydroxylation sites is 1. The Morgan fingerprint density at radius 3 is 2.45 bits per heavy atom. The lowest BCUT2D eigenvalue weighted by Crippen LogP contribution is -2.50. The Morgan fingerprint density at radius 2 is 1.72 bits per heavy atom. The van der Waals surface area contributed by atoms with Crippen LogP contribution in [0.3, 0.4) is 0 Å². The van der Waals surface area contributed by atoms with E-state index in [4.69, 9.17) is 9.47 Å². The van der Waals surface area contributed by atoms with Crippen molar-refractivity contribution in [2.24, 2.45) is 0 Å². The molecule has 0 spiro atoms. The van der Waals surface area contributed by atoms with Crippen LogP contribution in [0, 0.1) is 0 Å². The monoisotopic (exact) mass is 446 g/mol. The minimum Gasteiger partial charge on any atom is -0.492 e. The second kappa shape index (κ2) is 13.0. The van der Waals surface area contributed by atoms with Gasteiger partial charge in [-0.25, -0.2) is 0 Å². The molecule has 0 aromatic heterocycles. The van der Waals surface area contributed by atoms with Crippen molar-refractivity contribution in [1.29, 1.82) is 0 Å². The standard InChI is InChI=1S/C21H34N4O2.2ClH/c1-2-4-21(27-16-13-23-11-14-26-15-12-23)19(3-1)18-24-7-9-25(10-8-24)20-5-6-22-17-20;;/h1-4,20,22H,5-18H2;2*1H. The van der Waals surface area contributed by atoms with E-state index in [1.54, 1.807) is 0 Å². The van der Waals surface area contributed by atoms with Crippen LogP contribution in [0.1, 0.15) is 12.0 Å². The van der Waals surface area contributed by atoms with Gasteiger partial charge in [-0.1, -0.05) is 18.2 Å². The molecule has 1 aromatic rings. The second-order valence-corrected chi connectivity index (χ2v) is 7.87. The minimum absolute atomic E-state index is 0. The fourth-order valence-corrected chi connectivity index (χ4v) is 4.36. The van der Waals surface area contributed by atoms with Gasteiger partial charge in [0.2, 0.25) is 0 Å². The minimum atomic E-state index is 0. The molecule has 0 saturated carbocycles. The normalized spacial score (nSPS) is 23.9. The third-order valence-electron chi connectivity index (χ3n) is 6.09. The molecule has 3 aliphatic heterocycles. The molecule has 0 amide bonds. The van der Waals surface area contributed by atoms with Crippen molar-refractivity contribution in [1.82, 2.24) is 20.0 Å². The van der Waals surface area contributed by atoms with E-state index in [1.165, 1.54) is 38.2 Å². The molecule has 29 heavy (non-hydrogen) atoms. The second-order valence-electron chi connectivity index (χ2n) is 7.87. The van der Waals surface area contributed by atoms with Crippen LogP contribution in [0.25, 0.3) is 0 Å². The zero-order chi connectivity index (χ0) is 18.3. The molecule has 1 atom stereocenters. The SMILES string of the molecule is Cl.Cl.c1ccc(OCCN2CCOCC2)c(CN2CCN(C3CCNC3)CC2)c1. The van der Waals surface area contributed by atoms with Crippen LogP contribution in [0.4, 0.5) is 0 Å². The molecule has 3 saturated heterocycles. The molecule has 1 aromatic carbocycles. The highest BCUT2D eigenvalue weighted by atomic mass is 35.5. The average Bonchev–Trinajstić information content (AvgIpc) is 3.26. The third kappa shape index (κ3) is 7.24. The van der Waals surface area contributed by atoms with E-state index in [9.17, 15) is 0 Å². The van der Waals surface area contributed by atoms with Crippen molar-refractivity contribution in [2.45, 2.75) is 19.0 Å². The zero-order valence-corrected chi connectivity index (χ0v) is 18.9. The highest BCUT2D eigenvalue weighted by Crippen LogP contribution is 2.21. The molecule has 0 aliphatic carbocycles. The largest absolute Gasteiger partial charge is 0.492 e. The van der Waals surface area contributed by atoms with Gasteiger partial charge < -0.3 is 14.8 Å². The summed E-state index contributed by atoms with van der Waals surface area (Å²) >= 11 is 0. The summed E-state index contributed by atoms with van der Waals surface area (Å²) < 4.78 is 11.6. The van der Waals surface area contributed by atoms with Crippen LogP contribution in [0.15, 0.2) is 24.3 Å². The van der Waals surface area contributed by atoms with Gasteiger partial charge in [0.1, 0.15) is 12.4 Å². The van der Waals surface area contributed by atoms with Gasteiger partial charge in [-0.05, 0) is 19.0 Å². The molecule has 1 unspecified atom stereocenters. The number of hydrogen-bond acceptors (Lipinski definition) is 6. The molecule has 3 fully saturated rings. The maximum Gasteiger partial charge on any atom is 0.123 e. The number of nitrogens with one attached hydrogen (secondary N) is 1. The van der Waals surface area contributed by atoms with Gasteiger partial charge >= 0.3 is 0 Å². The number of halogens is 2. The summed E-state index contributed by atoms with van der Waals surface area (Å²) in [5, 5.41) is 3.49. The van der Waals surface area contributed by atoms with E-state index in [-0.39, 0.29) is 24.8 Å². The summed E-state index contributed by atoms with van der Waals surface area (Å²) in [5.41, 5.74) is 1.32. The summed E-state index contributed by atoms with van der Waals surface area (Å²) in [6.45, 7) is 13.5. The Balaban J connectivity index is 0.00000150. The Morgan fingerprint density at radius 1 is 0.966 bits per heavy atom.